The van der Waals surface area contributed by atoms with Crippen molar-refractivity contribution >= 4 is 29.2 Å². The van der Waals surface area contributed by atoms with E-state index < -0.39 is 5.97 Å². The van der Waals surface area contributed by atoms with Crippen molar-refractivity contribution < 1.29 is 14.7 Å². The van der Waals surface area contributed by atoms with E-state index in [4.69, 9.17) is 5.11 Å². The maximum absolute atomic E-state index is 12.2. The molecule has 0 unspecified atom stereocenters. The highest BCUT2D eigenvalue weighted by atomic mass is 16.4. The normalized spacial score (nSPS) is 13.9. The second-order valence-corrected chi connectivity index (χ2v) is 5.72. The Labute approximate surface area is 147 Å². The summed E-state index contributed by atoms with van der Waals surface area (Å²) < 4.78 is 0. The number of hydrogen-bond donors (Lipinski definition) is 3. The van der Waals surface area contributed by atoms with E-state index in [0.717, 1.165) is 33.8 Å². The van der Waals surface area contributed by atoms with Gasteiger partial charge in [-0.3, -0.25) is 9.59 Å². The summed E-state index contributed by atoms with van der Waals surface area (Å²) in [6, 6.07) is 7.57. The van der Waals surface area contributed by atoms with Crippen LogP contribution in [0.5, 0.6) is 0 Å². The molecule has 5 nitrogen and oxygen atoms in total. The highest BCUT2D eigenvalue weighted by Crippen LogP contribution is 2.33. The van der Waals surface area contributed by atoms with Gasteiger partial charge in [-0.1, -0.05) is 32.0 Å². The number of H-pyrrole nitrogens is 1. The molecule has 1 aliphatic heterocycles. The molecule has 1 aromatic carbocycles. The molecule has 0 saturated carbocycles. The Morgan fingerprint density at radius 1 is 1.20 bits per heavy atom. The number of carbonyl (C=O) groups is 2. The number of carboxylic acids is 1. The number of hydrogen-bond acceptors (Lipinski definition) is 2. The lowest BCUT2D eigenvalue weighted by Crippen LogP contribution is -2.03. The van der Waals surface area contributed by atoms with E-state index in [1.54, 1.807) is 0 Å². The van der Waals surface area contributed by atoms with Crippen LogP contribution in [0.3, 0.4) is 0 Å². The molecule has 25 heavy (non-hydrogen) atoms. The van der Waals surface area contributed by atoms with Gasteiger partial charge < -0.3 is 15.4 Å². The third-order valence-electron chi connectivity index (χ3n) is 4.22. The fourth-order valence-corrected chi connectivity index (χ4v) is 2.99. The van der Waals surface area contributed by atoms with Gasteiger partial charge in [0.1, 0.15) is 0 Å². The topological polar surface area (TPSA) is 82.2 Å². The SMILES string of the molecule is CC.Cc1[nH]c(/C=C2\C(=O)Nc3ccccc32)c(C)c1CCC(=O)O. The zero-order valence-electron chi connectivity index (χ0n) is 15.1. The molecule has 3 N–H and O–H groups in total. The minimum Gasteiger partial charge on any atom is -0.481 e. The maximum Gasteiger partial charge on any atom is 0.303 e. The van der Waals surface area contributed by atoms with Crippen LogP contribution in [0.25, 0.3) is 11.6 Å². The first-order chi connectivity index (χ1) is 12.0. The number of aromatic nitrogens is 1. The molecule has 1 aromatic heterocycles. The number of fused-ring (bicyclic) bond motifs is 1. The Morgan fingerprint density at radius 3 is 2.56 bits per heavy atom. The Bertz CT molecular complexity index is 831. The molecule has 1 aliphatic rings. The molecule has 2 aromatic rings. The number of carboxylic acid groups (broad SMARTS) is 1. The highest BCUT2D eigenvalue weighted by molar-refractivity contribution is 6.34. The quantitative estimate of drug-likeness (QED) is 0.731. The molecule has 0 fully saturated rings. The molecule has 5 heteroatoms. The summed E-state index contributed by atoms with van der Waals surface area (Å²) in [4.78, 5) is 26.2. The predicted octanol–water partition coefficient (Wildman–Crippen LogP) is 4.17. The van der Waals surface area contributed by atoms with Crippen molar-refractivity contribution in [2.75, 3.05) is 5.32 Å². The van der Waals surface area contributed by atoms with Crippen LogP contribution in [0, 0.1) is 13.8 Å². The molecule has 2 heterocycles. The highest BCUT2D eigenvalue weighted by Gasteiger charge is 2.24. The predicted molar refractivity (Wildman–Crippen MR) is 101 cm³/mol. The number of carbonyl (C=O) groups excluding carboxylic acids is 1. The van der Waals surface area contributed by atoms with Gasteiger partial charge in [-0.05, 0) is 43.5 Å². The molecule has 0 bridgehead atoms. The van der Waals surface area contributed by atoms with Gasteiger partial charge in [0.05, 0.1) is 5.57 Å². The van der Waals surface area contributed by atoms with Crippen LogP contribution in [0.1, 0.15) is 48.3 Å². The van der Waals surface area contributed by atoms with Crippen LogP contribution in [0.15, 0.2) is 24.3 Å². The standard InChI is InChI=1S/C18H18N2O3.C2H6/c1-10-12(7-8-17(21)22)11(2)19-16(10)9-14-13-5-3-4-6-15(13)20-18(14)23;1-2/h3-6,9,19H,7-8H2,1-2H3,(H,20,23)(H,21,22);1-2H3/b14-9-;. The minimum absolute atomic E-state index is 0.0961. The molecule has 3 rings (SSSR count). The molecule has 0 atom stereocenters. The summed E-state index contributed by atoms with van der Waals surface area (Å²) in [6.45, 7) is 7.88. The smallest absolute Gasteiger partial charge is 0.303 e. The zero-order chi connectivity index (χ0) is 18.6. The van der Waals surface area contributed by atoms with E-state index in [1.807, 2.05) is 58.0 Å². The summed E-state index contributed by atoms with van der Waals surface area (Å²) in [6.07, 6.45) is 2.42. The first-order valence-corrected chi connectivity index (χ1v) is 8.49. The largest absolute Gasteiger partial charge is 0.481 e. The van der Waals surface area contributed by atoms with E-state index in [1.165, 1.54) is 0 Å². The first kappa shape index (κ1) is 18.5. The van der Waals surface area contributed by atoms with Gasteiger partial charge in [-0.15, -0.1) is 0 Å². The van der Waals surface area contributed by atoms with Crippen molar-refractivity contribution in [1.82, 2.24) is 4.98 Å². The van der Waals surface area contributed by atoms with Crippen LogP contribution in [-0.2, 0) is 16.0 Å². The molecule has 132 valence electrons. The Morgan fingerprint density at radius 2 is 1.88 bits per heavy atom. The van der Waals surface area contributed by atoms with Crippen molar-refractivity contribution in [3.8, 4) is 0 Å². The number of aryl methyl sites for hydroxylation is 1. The third-order valence-corrected chi connectivity index (χ3v) is 4.22. The van der Waals surface area contributed by atoms with Gasteiger partial charge in [0.15, 0.2) is 0 Å². The number of nitrogens with one attached hydrogen (secondary N) is 2. The molecule has 1 amide bonds. The summed E-state index contributed by atoms with van der Waals surface area (Å²) >= 11 is 0. The number of rotatable bonds is 4. The van der Waals surface area contributed by atoms with Gasteiger partial charge in [0.2, 0.25) is 0 Å². The summed E-state index contributed by atoms with van der Waals surface area (Å²) in [7, 11) is 0. The van der Waals surface area contributed by atoms with Gasteiger partial charge in [0.25, 0.3) is 5.91 Å². The Hall–Kier alpha value is -2.82. The average molecular weight is 340 g/mol. The number of benzene rings is 1. The molecule has 0 spiro atoms. The van der Waals surface area contributed by atoms with Crippen molar-refractivity contribution in [3.63, 3.8) is 0 Å². The number of aromatic amines is 1. The summed E-state index contributed by atoms with van der Waals surface area (Å²) in [5.41, 5.74) is 6.12. The van der Waals surface area contributed by atoms with Crippen LogP contribution >= 0.6 is 0 Å². The van der Waals surface area contributed by atoms with E-state index in [0.29, 0.717) is 12.0 Å². The summed E-state index contributed by atoms with van der Waals surface area (Å²) in [5.74, 6) is -0.932. The van der Waals surface area contributed by atoms with Gasteiger partial charge >= 0.3 is 5.97 Å². The van der Waals surface area contributed by atoms with Gasteiger partial charge in [-0.2, -0.15) is 0 Å². The van der Waals surface area contributed by atoms with E-state index in [-0.39, 0.29) is 12.3 Å². The Kier molecular flexibility index (Phi) is 5.80. The number of para-hydroxylation sites is 1. The zero-order valence-corrected chi connectivity index (χ0v) is 15.1. The fourth-order valence-electron chi connectivity index (χ4n) is 2.99. The summed E-state index contributed by atoms with van der Waals surface area (Å²) in [5, 5.41) is 11.7. The molecule has 0 radical (unpaired) electrons. The van der Waals surface area contributed by atoms with Gasteiger partial charge in [0, 0.05) is 29.1 Å². The first-order valence-electron chi connectivity index (χ1n) is 8.49. The molecular weight excluding hydrogens is 316 g/mol. The molecular formula is C20H24N2O3. The van der Waals surface area contributed by atoms with Crippen molar-refractivity contribution in [2.24, 2.45) is 0 Å². The van der Waals surface area contributed by atoms with E-state index in [9.17, 15) is 9.59 Å². The monoisotopic (exact) mass is 340 g/mol. The lowest BCUT2D eigenvalue weighted by molar-refractivity contribution is -0.137. The van der Waals surface area contributed by atoms with Crippen LogP contribution in [-0.4, -0.2) is 22.0 Å². The number of anilines is 1. The lowest BCUT2D eigenvalue weighted by Gasteiger charge is -2.00. The van der Waals surface area contributed by atoms with Crippen LogP contribution in [0.2, 0.25) is 0 Å². The van der Waals surface area contributed by atoms with E-state index in [2.05, 4.69) is 10.3 Å². The van der Waals surface area contributed by atoms with Crippen LogP contribution < -0.4 is 5.32 Å². The molecule has 0 aliphatic carbocycles. The number of aliphatic carboxylic acids is 1. The van der Waals surface area contributed by atoms with Crippen molar-refractivity contribution in [1.29, 1.82) is 0 Å². The second-order valence-electron chi connectivity index (χ2n) is 5.72. The third kappa shape index (κ3) is 3.82. The van der Waals surface area contributed by atoms with Gasteiger partial charge in [-0.25, -0.2) is 0 Å². The number of amides is 1. The molecule has 0 saturated heterocycles. The van der Waals surface area contributed by atoms with Crippen molar-refractivity contribution in [2.45, 2.75) is 40.5 Å². The maximum atomic E-state index is 12.2. The van der Waals surface area contributed by atoms with Crippen molar-refractivity contribution in [3.05, 3.63) is 52.3 Å². The van der Waals surface area contributed by atoms with Crippen LogP contribution in [0.4, 0.5) is 5.69 Å². The van der Waals surface area contributed by atoms with E-state index >= 15 is 0 Å². The fraction of sp³-hybridized carbons (Fsp3) is 0.300. The average Bonchev–Trinajstić information content (AvgIpc) is 3.05. The second kappa shape index (κ2) is 7.83. The Balaban J connectivity index is 0.00000109. The minimum atomic E-state index is -0.811. The lowest BCUT2D eigenvalue weighted by atomic mass is 10.0.